The lowest BCUT2D eigenvalue weighted by Gasteiger charge is -2.07. The van der Waals surface area contributed by atoms with Gasteiger partial charge >= 0.3 is 0 Å². The van der Waals surface area contributed by atoms with Crippen LogP contribution < -0.4 is 5.56 Å². The Hall–Kier alpha value is -1.47. The van der Waals surface area contributed by atoms with E-state index >= 15 is 0 Å². The van der Waals surface area contributed by atoms with Gasteiger partial charge in [-0.3, -0.25) is 9.78 Å². The van der Waals surface area contributed by atoms with E-state index in [0.717, 1.165) is 16.5 Å². The van der Waals surface area contributed by atoms with Gasteiger partial charge in [0.15, 0.2) is 0 Å². The summed E-state index contributed by atoms with van der Waals surface area (Å²) in [5.41, 5.74) is 2.04. The van der Waals surface area contributed by atoms with Crippen LogP contribution in [0.15, 0.2) is 35.3 Å². The molecule has 0 atom stereocenters. The van der Waals surface area contributed by atoms with Crippen LogP contribution in [0.4, 0.5) is 0 Å². The lowest BCUT2D eigenvalue weighted by molar-refractivity contribution is 1.05. The van der Waals surface area contributed by atoms with Crippen molar-refractivity contribution in [1.29, 1.82) is 0 Å². The normalized spacial score (nSPS) is 10.9. The van der Waals surface area contributed by atoms with Gasteiger partial charge in [0, 0.05) is 17.1 Å². The largest absolute Gasteiger partial charge is 0.306 e. The molecule has 0 fully saturated rings. The van der Waals surface area contributed by atoms with Gasteiger partial charge in [-0.2, -0.15) is 0 Å². The van der Waals surface area contributed by atoms with Gasteiger partial charge in [0.05, 0.1) is 19.8 Å². The van der Waals surface area contributed by atoms with Gasteiger partial charge in [0.25, 0.3) is 5.56 Å². The van der Waals surface area contributed by atoms with Crippen LogP contribution in [-0.4, -0.2) is 15.0 Å². The molecule has 3 aromatic rings. The smallest absolute Gasteiger partial charge is 0.264 e. The molecule has 2 heterocycles. The second kappa shape index (κ2) is 5.14. The van der Waals surface area contributed by atoms with Crippen LogP contribution in [-0.2, 0) is 0 Å². The van der Waals surface area contributed by atoms with Gasteiger partial charge in [-0.05, 0) is 53.8 Å². The molecular formula is C14H9ClIN3O. The summed E-state index contributed by atoms with van der Waals surface area (Å²) in [4.78, 5) is 23.5. The first-order valence-electron chi connectivity index (χ1n) is 5.88. The second-order valence-corrected chi connectivity index (χ2v) is 5.79. The zero-order valence-electron chi connectivity index (χ0n) is 10.4. The summed E-state index contributed by atoms with van der Waals surface area (Å²) in [5, 5.41) is 1.46. The Labute approximate surface area is 133 Å². The lowest BCUT2D eigenvalue weighted by Crippen LogP contribution is -2.14. The van der Waals surface area contributed by atoms with E-state index in [-0.39, 0.29) is 5.56 Å². The van der Waals surface area contributed by atoms with E-state index in [4.69, 9.17) is 11.6 Å². The fraction of sp³-hybridized carbons (Fsp3) is 0.0714. The number of benzene rings is 1. The van der Waals surface area contributed by atoms with Crippen molar-refractivity contribution in [3.63, 3.8) is 0 Å². The molecule has 3 rings (SSSR count). The van der Waals surface area contributed by atoms with Crippen molar-refractivity contribution in [3.05, 3.63) is 55.1 Å². The molecule has 0 saturated heterocycles. The minimum atomic E-state index is -0.146. The minimum Gasteiger partial charge on any atom is -0.306 e. The number of fused-ring (bicyclic) bond motifs is 1. The number of halogens is 2. The Morgan fingerprint density at radius 1 is 1.30 bits per heavy atom. The Bertz CT molecular complexity index is 876. The molecule has 0 saturated carbocycles. The number of nitrogens with zero attached hydrogens (tertiary/aromatic N) is 2. The van der Waals surface area contributed by atoms with Crippen molar-refractivity contribution >= 4 is 45.1 Å². The zero-order valence-corrected chi connectivity index (χ0v) is 13.4. The summed E-state index contributed by atoms with van der Waals surface area (Å²) in [7, 11) is 0. The molecule has 0 bridgehead atoms. The number of aromatic amines is 1. The van der Waals surface area contributed by atoms with E-state index in [1.807, 2.05) is 47.7 Å². The standard InChI is InChI=1S/C14H9ClIN3O/c1-7-11(16)14(20)19-13(18-7)9-4-5-10(15)8-3-2-6-17-12(8)9/h2-6H,1H3,(H,18,19,20). The monoisotopic (exact) mass is 397 g/mol. The maximum atomic E-state index is 11.9. The maximum absolute atomic E-state index is 11.9. The molecule has 1 N–H and O–H groups in total. The molecule has 1 aromatic carbocycles. The topological polar surface area (TPSA) is 58.6 Å². The number of hydrogen-bond donors (Lipinski definition) is 1. The Morgan fingerprint density at radius 3 is 2.85 bits per heavy atom. The van der Waals surface area contributed by atoms with Crippen molar-refractivity contribution in [2.24, 2.45) is 0 Å². The number of aryl methyl sites for hydroxylation is 1. The molecule has 0 spiro atoms. The van der Waals surface area contributed by atoms with Crippen LogP contribution >= 0.6 is 34.2 Å². The van der Waals surface area contributed by atoms with Crippen molar-refractivity contribution in [2.45, 2.75) is 6.92 Å². The van der Waals surface area contributed by atoms with Crippen LogP contribution in [0.25, 0.3) is 22.3 Å². The van der Waals surface area contributed by atoms with Crippen LogP contribution in [0, 0.1) is 10.5 Å². The van der Waals surface area contributed by atoms with Crippen molar-refractivity contribution < 1.29 is 0 Å². The second-order valence-electron chi connectivity index (χ2n) is 4.31. The van der Waals surface area contributed by atoms with Crippen LogP contribution in [0.3, 0.4) is 0 Å². The number of aromatic nitrogens is 3. The van der Waals surface area contributed by atoms with Crippen molar-refractivity contribution in [1.82, 2.24) is 15.0 Å². The summed E-state index contributed by atoms with van der Waals surface area (Å²) < 4.78 is 0.595. The molecule has 0 radical (unpaired) electrons. The molecule has 0 aliphatic carbocycles. The van der Waals surface area contributed by atoms with Gasteiger partial charge in [0.1, 0.15) is 5.82 Å². The summed E-state index contributed by atoms with van der Waals surface area (Å²) in [5.74, 6) is 0.508. The Morgan fingerprint density at radius 2 is 2.10 bits per heavy atom. The lowest BCUT2D eigenvalue weighted by atomic mass is 10.1. The Kier molecular flexibility index (Phi) is 3.47. The molecule has 0 aliphatic rings. The molecule has 20 heavy (non-hydrogen) atoms. The van der Waals surface area contributed by atoms with E-state index < -0.39 is 0 Å². The van der Waals surface area contributed by atoms with Crippen LogP contribution in [0.1, 0.15) is 5.69 Å². The summed E-state index contributed by atoms with van der Waals surface area (Å²) in [6, 6.07) is 7.33. The van der Waals surface area contributed by atoms with Gasteiger partial charge < -0.3 is 4.98 Å². The highest BCUT2D eigenvalue weighted by Crippen LogP contribution is 2.29. The third kappa shape index (κ3) is 2.20. The Balaban J connectivity index is 2.36. The first-order chi connectivity index (χ1) is 9.58. The SMILES string of the molecule is Cc1nc(-c2ccc(Cl)c3cccnc23)[nH]c(=O)c1I. The average Bonchev–Trinajstić information content (AvgIpc) is 2.45. The van der Waals surface area contributed by atoms with E-state index in [1.165, 1.54) is 0 Å². The first kappa shape index (κ1) is 13.5. The van der Waals surface area contributed by atoms with Crippen LogP contribution in [0.5, 0.6) is 0 Å². The molecule has 0 unspecified atom stereocenters. The highest BCUT2D eigenvalue weighted by atomic mass is 127. The quantitative estimate of drug-likeness (QED) is 0.639. The number of rotatable bonds is 1. The fourth-order valence-electron chi connectivity index (χ4n) is 2.03. The van der Waals surface area contributed by atoms with E-state index in [0.29, 0.717) is 20.1 Å². The number of hydrogen-bond acceptors (Lipinski definition) is 3. The minimum absolute atomic E-state index is 0.146. The average molecular weight is 398 g/mol. The molecular weight excluding hydrogens is 389 g/mol. The van der Waals surface area contributed by atoms with Gasteiger partial charge in [-0.1, -0.05) is 11.6 Å². The molecule has 0 amide bonds. The maximum Gasteiger partial charge on any atom is 0.264 e. The number of H-pyrrole nitrogens is 1. The number of nitrogens with one attached hydrogen (secondary N) is 1. The van der Waals surface area contributed by atoms with Gasteiger partial charge in [-0.15, -0.1) is 0 Å². The highest BCUT2D eigenvalue weighted by molar-refractivity contribution is 14.1. The molecule has 0 aliphatic heterocycles. The summed E-state index contributed by atoms with van der Waals surface area (Å²) in [6.07, 6.45) is 1.69. The van der Waals surface area contributed by atoms with Crippen molar-refractivity contribution in [3.8, 4) is 11.4 Å². The van der Waals surface area contributed by atoms with E-state index in [2.05, 4.69) is 15.0 Å². The molecule has 2 aromatic heterocycles. The molecule has 6 heteroatoms. The fourth-order valence-corrected chi connectivity index (χ4v) is 2.50. The van der Waals surface area contributed by atoms with Crippen molar-refractivity contribution in [2.75, 3.05) is 0 Å². The van der Waals surface area contributed by atoms with E-state index in [9.17, 15) is 4.79 Å². The summed E-state index contributed by atoms with van der Waals surface area (Å²) >= 11 is 8.16. The third-order valence-corrected chi connectivity index (χ3v) is 4.60. The van der Waals surface area contributed by atoms with Gasteiger partial charge in [-0.25, -0.2) is 4.98 Å². The predicted octanol–water partition coefficient (Wildman–Crippen LogP) is 3.55. The van der Waals surface area contributed by atoms with Crippen LogP contribution in [0.2, 0.25) is 5.02 Å². The number of pyridine rings is 1. The predicted molar refractivity (Wildman–Crippen MR) is 88.1 cm³/mol. The molecule has 100 valence electrons. The highest BCUT2D eigenvalue weighted by Gasteiger charge is 2.12. The first-order valence-corrected chi connectivity index (χ1v) is 7.33. The van der Waals surface area contributed by atoms with Gasteiger partial charge in [0.2, 0.25) is 0 Å². The molecule has 4 nitrogen and oxygen atoms in total. The summed E-state index contributed by atoms with van der Waals surface area (Å²) in [6.45, 7) is 1.81. The van der Waals surface area contributed by atoms with E-state index in [1.54, 1.807) is 12.3 Å². The zero-order chi connectivity index (χ0) is 14.3. The third-order valence-electron chi connectivity index (χ3n) is 3.00.